The van der Waals surface area contributed by atoms with Crippen LogP contribution in [-0.2, 0) is 0 Å². The summed E-state index contributed by atoms with van der Waals surface area (Å²) in [6, 6.07) is 4.61. The third kappa shape index (κ3) is 5.13. The van der Waals surface area contributed by atoms with Crippen LogP contribution < -0.4 is 0 Å². The number of hydrogen-bond acceptors (Lipinski definition) is 1. The summed E-state index contributed by atoms with van der Waals surface area (Å²) in [5, 5.41) is 0. The van der Waals surface area contributed by atoms with Crippen molar-refractivity contribution in [1.29, 1.82) is 0 Å². The first-order valence-corrected chi connectivity index (χ1v) is 7.10. The van der Waals surface area contributed by atoms with Crippen LogP contribution in [0.2, 0.25) is 0 Å². The highest BCUT2D eigenvalue weighted by atomic mass is 32.1. The summed E-state index contributed by atoms with van der Waals surface area (Å²) < 4.78 is 0. The lowest BCUT2D eigenvalue weighted by molar-refractivity contribution is 0.746. The molecule has 0 aliphatic heterocycles. The van der Waals surface area contributed by atoms with Crippen molar-refractivity contribution in [3.8, 4) is 0 Å². The Bertz CT molecular complexity index is 230. The van der Waals surface area contributed by atoms with Crippen LogP contribution in [0.25, 0.3) is 0 Å². The Morgan fingerprint density at radius 1 is 0.938 bits per heavy atom. The minimum absolute atomic E-state index is 0. The van der Waals surface area contributed by atoms with E-state index >= 15 is 0 Å². The van der Waals surface area contributed by atoms with Gasteiger partial charge in [0.2, 0.25) is 0 Å². The summed E-state index contributed by atoms with van der Waals surface area (Å²) in [6.45, 7) is 13.1. The maximum Gasteiger partial charge on any atom is 0.00763 e. The second kappa shape index (κ2) is 9.86. The zero-order valence-corrected chi connectivity index (χ0v) is 12.4. The Morgan fingerprint density at radius 3 is 1.50 bits per heavy atom. The molecule has 0 fully saturated rings. The summed E-state index contributed by atoms with van der Waals surface area (Å²) in [4.78, 5) is 3.11. The van der Waals surface area contributed by atoms with E-state index < -0.39 is 0 Å². The van der Waals surface area contributed by atoms with Crippen molar-refractivity contribution in [3.63, 3.8) is 0 Å². The Labute approximate surface area is 105 Å². The highest BCUT2D eigenvalue weighted by Gasteiger charge is 2.09. The standard InChI is InChI=1S/C12H20S.C2H6.H2O/c1-5-9(3)11-7-8-12(13-11)10(4)6-2;1-2;/h7-10H,5-6H2,1-4H3;1-2H3;1H2. The Morgan fingerprint density at radius 2 is 1.25 bits per heavy atom. The van der Waals surface area contributed by atoms with Crippen molar-refractivity contribution in [2.45, 2.75) is 66.2 Å². The molecule has 0 saturated heterocycles. The summed E-state index contributed by atoms with van der Waals surface area (Å²) in [5.74, 6) is 1.48. The predicted octanol–water partition coefficient (Wildman–Crippen LogP) is 4.98. The van der Waals surface area contributed by atoms with Crippen molar-refractivity contribution in [2.75, 3.05) is 0 Å². The third-order valence-corrected chi connectivity index (χ3v) is 4.39. The van der Waals surface area contributed by atoms with Gasteiger partial charge in [0.05, 0.1) is 0 Å². The molecule has 0 aliphatic rings. The van der Waals surface area contributed by atoms with Crippen LogP contribution in [0.3, 0.4) is 0 Å². The van der Waals surface area contributed by atoms with Crippen LogP contribution in [-0.4, -0.2) is 5.48 Å². The van der Waals surface area contributed by atoms with Crippen molar-refractivity contribution >= 4 is 11.3 Å². The first kappa shape index (κ1) is 18.0. The normalized spacial score (nSPS) is 13.1. The molecule has 1 rings (SSSR count). The maximum absolute atomic E-state index is 2.31. The van der Waals surface area contributed by atoms with Crippen molar-refractivity contribution in [2.24, 2.45) is 0 Å². The van der Waals surface area contributed by atoms with E-state index in [-0.39, 0.29) is 5.48 Å². The molecule has 0 aliphatic carbocycles. The Hall–Kier alpha value is -0.340. The molecule has 2 atom stereocenters. The molecule has 1 aromatic rings. The molecule has 2 N–H and O–H groups in total. The monoisotopic (exact) mass is 244 g/mol. The van der Waals surface area contributed by atoms with Gasteiger partial charge < -0.3 is 5.48 Å². The topological polar surface area (TPSA) is 31.5 Å². The maximum atomic E-state index is 2.31. The molecule has 1 aromatic heterocycles. The van der Waals surface area contributed by atoms with Crippen LogP contribution >= 0.6 is 11.3 Å². The predicted molar refractivity (Wildman–Crippen MR) is 76.7 cm³/mol. The molecule has 2 heteroatoms. The SMILES string of the molecule is CC.CCC(C)c1ccc(C(C)CC)s1.O. The minimum Gasteiger partial charge on any atom is -0.412 e. The van der Waals surface area contributed by atoms with Gasteiger partial charge in [0.15, 0.2) is 0 Å². The van der Waals surface area contributed by atoms with Crippen LogP contribution in [0.5, 0.6) is 0 Å². The van der Waals surface area contributed by atoms with E-state index in [1.54, 1.807) is 9.75 Å². The van der Waals surface area contributed by atoms with Crippen LogP contribution in [0.1, 0.15) is 76.0 Å². The molecule has 0 saturated carbocycles. The average Bonchev–Trinajstić information content (AvgIpc) is 2.79. The molecule has 0 spiro atoms. The van der Waals surface area contributed by atoms with Gasteiger partial charge in [-0.25, -0.2) is 0 Å². The molecule has 1 heterocycles. The van der Waals surface area contributed by atoms with Gasteiger partial charge in [0, 0.05) is 9.75 Å². The number of hydrogen-bond donors (Lipinski definition) is 0. The average molecular weight is 244 g/mol. The lowest BCUT2D eigenvalue weighted by Gasteiger charge is -2.06. The molecular weight excluding hydrogens is 216 g/mol. The number of rotatable bonds is 4. The van der Waals surface area contributed by atoms with E-state index in [9.17, 15) is 0 Å². The van der Waals surface area contributed by atoms with E-state index in [1.165, 1.54) is 12.8 Å². The molecule has 0 amide bonds. The first-order valence-electron chi connectivity index (χ1n) is 6.28. The molecular formula is C14H28OS. The lowest BCUT2D eigenvalue weighted by atomic mass is 10.1. The van der Waals surface area contributed by atoms with Gasteiger partial charge in [0.25, 0.3) is 0 Å². The zero-order valence-electron chi connectivity index (χ0n) is 11.6. The fourth-order valence-electron chi connectivity index (χ4n) is 1.30. The fraction of sp³-hybridized carbons (Fsp3) is 0.714. The van der Waals surface area contributed by atoms with Gasteiger partial charge in [-0.3, -0.25) is 0 Å². The molecule has 0 bridgehead atoms. The Balaban J connectivity index is 0. The summed E-state index contributed by atoms with van der Waals surface area (Å²) >= 11 is 2.00. The second-order valence-corrected chi connectivity index (χ2v) is 5.01. The molecule has 1 nitrogen and oxygen atoms in total. The van der Waals surface area contributed by atoms with E-state index in [4.69, 9.17) is 0 Å². The summed E-state index contributed by atoms with van der Waals surface area (Å²) in [5.41, 5.74) is 0. The summed E-state index contributed by atoms with van der Waals surface area (Å²) in [6.07, 6.45) is 2.50. The highest BCUT2D eigenvalue weighted by Crippen LogP contribution is 2.31. The first-order chi connectivity index (χ1) is 7.19. The van der Waals surface area contributed by atoms with E-state index in [0.717, 1.165) is 11.8 Å². The van der Waals surface area contributed by atoms with Gasteiger partial charge in [-0.1, -0.05) is 41.5 Å². The van der Waals surface area contributed by atoms with Gasteiger partial charge in [0.1, 0.15) is 0 Å². The minimum atomic E-state index is 0. The zero-order chi connectivity index (χ0) is 11.8. The largest absolute Gasteiger partial charge is 0.412 e. The van der Waals surface area contributed by atoms with Gasteiger partial charge in [-0.15, -0.1) is 11.3 Å². The molecule has 96 valence electrons. The summed E-state index contributed by atoms with van der Waals surface area (Å²) in [7, 11) is 0. The molecule has 0 aromatic carbocycles. The van der Waals surface area contributed by atoms with Gasteiger partial charge >= 0.3 is 0 Å². The second-order valence-electron chi connectivity index (χ2n) is 3.86. The fourth-order valence-corrected chi connectivity index (χ4v) is 2.58. The third-order valence-electron chi connectivity index (χ3n) is 2.84. The van der Waals surface area contributed by atoms with Crippen LogP contribution in [0.15, 0.2) is 12.1 Å². The van der Waals surface area contributed by atoms with Gasteiger partial charge in [-0.05, 0) is 36.8 Å². The van der Waals surface area contributed by atoms with Crippen LogP contribution in [0, 0.1) is 0 Å². The Kier molecular flexibility index (Phi) is 11.1. The van der Waals surface area contributed by atoms with E-state index in [1.807, 2.05) is 25.2 Å². The number of thiophene rings is 1. The highest BCUT2D eigenvalue weighted by molar-refractivity contribution is 7.12. The van der Waals surface area contributed by atoms with Crippen molar-refractivity contribution in [3.05, 3.63) is 21.9 Å². The van der Waals surface area contributed by atoms with Crippen LogP contribution in [0.4, 0.5) is 0 Å². The lowest BCUT2D eigenvalue weighted by Crippen LogP contribution is -1.86. The van der Waals surface area contributed by atoms with Crippen molar-refractivity contribution < 1.29 is 5.48 Å². The molecule has 16 heavy (non-hydrogen) atoms. The van der Waals surface area contributed by atoms with Crippen molar-refractivity contribution in [1.82, 2.24) is 0 Å². The van der Waals surface area contributed by atoms with Gasteiger partial charge in [-0.2, -0.15) is 0 Å². The quantitative estimate of drug-likeness (QED) is 0.715. The smallest absolute Gasteiger partial charge is 0.00763 e. The molecule has 0 radical (unpaired) electrons. The van der Waals surface area contributed by atoms with E-state index in [2.05, 4.69) is 39.8 Å². The molecule has 2 unspecified atom stereocenters. The van der Waals surface area contributed by atoms with E-state index in [0.29, 0.717) is 0 Å².